The van der Waals surface area contributed by atoms with Gasteiger partial charge >= 0.3 is 0 Å². The lowest BCUT2D eigenvalue weighted by molar-refractivity contribution is -0.136. The number of piperidine rings is 2. The first-order chi connectivity index (χ1) is 13.6. The lowest BCUT2D eigenvalue weighted by atomic mass is 9.96. The highest BCUT2D eigenvalue weighted by Crippen LogP contribution is 2.28. The van der Waals surface area contributed by atoms with E-state index in [-0.39, 0.29) is 24.1 Å². The molecule has 150 valence electrons. The number of benzene rings is 1. The van der Waals surface area contributed by atoms with Gasteiger partial charge < -0.3 is 15.5 Å². The summed E-state index contributed by atoms with van der Waals surface area (Å²) in [6, 6.07) is 5.43. The quantitative estimate of drug-likeness (QED) is 0.501. The zero-order valence-electron chi connectivity index (χ0n) is 16.1. The largest absolute Gasteiger partial charge is 0.322 e. The van der Waals surface area contributed by atoms with E-state index in [1.807, 2.05) is 12.1 Å². The molecule has 3 aliphatic rings. The molecule has 7 heteroatoms. The molecule has 28 heavy (non-hydrogen) atoms. The summed E-state index contributed by atoms with van der Waals surface area (Å²) in [5, 5.41) is 9.27. The molecule has 2 atom stereocenters. The summed E-state index contributed by atoms with van der Waals surface area (Å²) in [4.78, 5) is 37.9. The molecular formula is C21H28N4O3. The van der Waals surface area contributed by atoms with E-state index in [9.17, 15) is 14.4 Å². The Labute approximate surface area is 165 Å². The summed E-state index contributed by atoms with van der Waals surface area (Å²) in [7, 11) is 0. The Bertz CT molecular complexity index is 773. The molecule has 3 heterocycles. The summed E-state index contributed by atoms with van der Waals surface area (Å²) >= 11 is 0. The smallest absolute Gasteiger partial charge is 0.255 e. The molecule has 7 nitrogen and oxygen atoms in total. The van der Waals surface area contributed by atoms with E-state index in [1.54, 1.807) is 4.90 Å². The van der Waals surface area contributed by atoms with Crippen molar-refractivity contribution < 1.29 is 14.4 Å². The molecule has 0 radical (unpaired) electrons. The summed E-state index contributed by atoms with van der Waals surface area (Å²) in [6.07, 6.45) is 4.41. The second-order valence-electron chi connectivity index (χ2n) is 8.07. The maximum Gasteiger partial charge on any atom is 0.255 e. The van der Waals surface area contributed by atoms with Crippen molar-refractivity contribution in [3.63, 3.8) is 0 Å². The van der Waals surface area contributed by atoms with Gasteiger partial charge in [-0.3, -0.25) is 19.7 Å². The van der Waals surface area contributed by atoms with Gasteiger partial charge in [-0.05, 0) is 68.4 Å². The summed E-state index contributed by atoms with van der Waals surface area (Å²) in [6.45, 7) is 4.40. The van der Waals surface area contributed by atoms with Gasteiger partial charge in [-0.25, -0.2) is 0 Å². The molecule has 3 N–H and O–H groups in total. The van der Waals surface area contributed by atoms with Gasteiger partial charge in [0.15, 0.2) is 0 Å². The Hall–Kier alpha value is -2.25. The fraction of sp³-hybridized carbons (Fsp3) is 0.571. The molecule has 0 saturated carbocycles. The van der Waals surface area contributed by atoms with Gasteiger partial charge in [0, 0.05) is 25.1 Å². The van der Waals surface area contributed by atoms with Gasteiger partial charge in [-0.1, -0.05) is 12.1 Å². The highest BCUT2D eigenvalue weighted by molar-refractivity contribution is 6.05. The van der Waals surface area contributed by atoms with Crippen LogP contribution in [0.1, 0.15) is 53.6 Å². The molecule has 3 aliphatic heterocycles. The van der Waals surface area contributed by atoms with Gasteiger partial charge in [0.1, 0.15) is 6.04 Å². The first-order valence-corrected chi connectivity index (χ1v) is 10.3. The predicted molar refractivity (Wildman–Crippen MR) is 104 cm³/mol. The predicted octanol–water partition coefficient (Wildman–Crippen LogP) is 0.927. The maximum atomic E-state index is 12.8. The van der Waals surface area contributed by atoms with E-state index in [0.717, 1.165) is 43.2 Å². The monoisotopic (exact) mass is 384 g/mol. The van der Waals surface area contributed by atoms with E-state index in [0.29, 0.717) is 18.5 Å². The summed E-state index contributed by atoms with van der Waals surface area (Å²) < 4.78 is 0. The second kappa shape index (κ2) is 8.41. The number of nitrogens with zero attached hydrogens (tertiary/aromatic N) is 1. The zero-order chi connectivity index (χ0) is 19.5. The first kappa shape index (κ1) is 19.1. The number of fused-ring (bicyclic) bond motifs is 1. The zero-order valence-corrected chi connectivity index (χ0v) is 16.1. The molecule has 2 saturated heterocycles. The van der Waals surface area contributed by atoms with Crippen molar-refractivity contribution in [2.24, 2.45) is 5.92 Å². The fourth-order valence-electron chi connectivity index (χ4n) is 4.42. The lowest BCUT2D eigenvalue weighted by Crippen LogP contribution is -2.52. The Morgan fingerprint density at radius 2 is 2.07 bits per heavy atom. The van der Waals surface area contributed by atoms with Gasteiger partial charge in [-0.15, -0.1) is 0 Å². The molecule has 1 aromatic carbocycles. The minimum Gasteiger partial charge on any atom is -0.322 e. The van der Waals surface area contributed by atoms with Crippen LogP contribution in [0, 0.1) is 5.92 Å². The van der Waals surface area contributed by atoms with Gasteiger partial charge in [0.05, 0.1) is 0 Å². The van der Waals surface area contributed by atoms with Crippen LogP contribution in [0.25, 0.3) is 0 Å². The number of carbonyl (C=O) groups is 3. The third-order valence-electron chi connectivity index (χ3n) is 6.05. The second-order valence-corrected chi connectivity index (χ2v) is 8.07. The first-order valence-electron chi connectivity index (χ1n) is 10.3. The number of imide groups is 1. The number of amides is 3. The Morgan fingerprint density at radius 3 is 2.86 bits per heavy atom. The minimum absolute atomic E-state index is 0.111. The van der Waals surface area contributed by atoms with Crippen molar-refractivity contribution in [3.05, 3.63) is 34.9 Å². The molecule has 1 aromatic rings. The van der Waals surface area contributed by atoms with Crippen LogP contribution in [0.2, 0.25) is 0 Å². The molecule has 0 aliphatic carbocycles. The highest BCUT2D eigenvalue weighted by Gasteiger charge is 2.39. The van der Waals surface area contributed by atoms with Crippen LogP contribution < -0.4 is 16.0 Å². The molecule has 3 amide bonds. The van der Waals surface area contributed by atoms with E-state index in [1.165, 1.54) is 19.3 Å². The fourth-order valence-corrected chi connectivity index (χ4v) is 4.42. The van der Waals surface area contributed by atoms with E-state index < -0.39 is 6.04 Å². The number of hydrogen-bond donors (Lipinski definition) is 3. The number of hydrogen-bond acceptors (Lipinski definition) is 5. The van der Waals surface area contributed by atoms with Crippen molar-refractivity contribution in [1.29, 1.82) is 0 Å². The number of rotatable bonds is 6. The van der Waals surface area contributed by atoms with E-state index >= 15 is 0 Å². The number of carbonyl (C=O) groups excluding carboxylic acids is 3. The normalized spacial score (nSPS) is 25.0. The van der Waals surface area contributed by atoms with Crippen LogP contribution in [0.15, 0.2) is 18.2 Å². The molecule has 2 unspecified atom stereocenters. The van der Waals surface area contributed by atoms with Crippen molar-refractivity contribution in [3.8, 4) is 0 Å². The van der Waals surface area contributed by atoms with Crippen molar-refractivity contribution in [2.45, 2.75) is 51.2 Å². The van der Waals surface area contributed by atoms with Crippen molar-refractivity contribution >= 4 is 17.7 Å². The topological polar surface area (TPSA) is 90.5 Å². The Kier molecular flexibility index (Phi) is 5.73. The lowest BCUT2D eigenvalue weighted by Gasteiger charge is -2.29. The van der Waals surface area contributed by atoms with Gasteiger partial charge in [-0.2, -0.15) is 0 Å². The van der Waals surface area contributed by atoms with Gasteiger partial charge in [0.25, 0.3) is 5.91 Å². The highest BCUT2D eigenvalue weighted by atomic mass is 16.2. The molecule has 0 aromatic heterocycles. The third-order valence-corrected chi connectivity index (χ3v) is 6.05. The van der Waals surface area contributed by atoms with Crippen LogP contribution in [0.4, 0.5) is 0 Å². The Balaban J connectivity index is 1.32. The average Bonchev–Trinajstić information content (AvgIpc) is 3.02. The number of nitrogens with one attached hydrogen (secondary N) is 3. The molecule has 0 spiro atoms. The van der Waals surface area contributed by atoms with Crippen LogP contribution in [0.5, 0.6) is 0 Å². The average molecular weight is 384 g/mol. The van der Waals surface area contributed by atoms with Crippen LogP contribution in [-0.4, -0.2) is 48.3 Å². The SMILES string of the molecule is O=C1CCC(N2Cc3ccc(CNCCC4CCCNC4)cc3C2=O)C(=O)N1. The van der Waals surface area contributed by atoms with Crippen LogP contribution >= 0.6 is 0 Å². The van der Waals surface area contributed by atoms with E-state index in [4.69, 9.17) is 0 Å². The standard InChI is InChI=1S/C21H28N4O3/c26-19-6-5-18(20(27)24-19)25-13-16-4-3-15(10-17(16)21(25)28)12-23-9-7-14-2-1-8-22-11-14/h3-4,10,14,18,22-23H,1-2,5-9,11-13H2,(H,24,26,27). The molecule has 0 bridgehead atoms. The third kappa shape index (κ3) is 4.10. The maximum absolute atomic E-state index is 12.8. The molecule has 4 rings (SSSR count). The summed E-state index contributed by atoms with van der Waals surface area (Å²) in [5.74, 6) is 0.0174. The van der Waals surface area contributed by atoms with Crippen LogP contribution in [0.3, 0.4) is 0 Å². The van der Waals surface area contributed by atoms with Crippen molar-refractivity contribution in [2.75, 3.05) is 19.6 Å². The van der Waals surface area contributed by atoms with Gasteiger partial charge in [0.2, 0.25) is 11.8 Å². The minimum atomic E-state index is -0.553. The van der Waals surface area contributed by atoms with E-state index in [2.05, 4.69) is 22.0 Å². The summed E-state index contributed by atoms with van der Waals surface area (Å²) in [5.41, 5.74) is 2.71. The van der Waals surface area contributed by atoms with Crippen molar-refractivity contribution in [1.82, 2.24) is 20.9 Å². The van der Waals surface area contributed by atoms with Crippen LogP contribution in [-0.2, 0) is 22.7 Å². The Morgan fingerprint density at radius 1 is 1.18 bits per heavy atom. The molecule has 2 fully saturated rings. The molecular weight excluding hydrogens is 356 g/mol.